The SMILES string of the molecule is CNC(c1cccc(C(F)(F)F)c1)c1nc(C)c(C)s1. The van der Waals surface area contributed by atoms with Gasteiger partial charge in [0.15, 0.2) is 0 Å². The molecule has 1 aromatic heterocycles. The largest absolute Gasteiger partial charge is 0.416 e. The molecule has 2 nitrogen and oxygen atoms in total. The fourth-order valence-corrected chi connectivity index (χ4v) is 3.01. The Morgan fingerprint density at radius 2 is 1.95 bits per heavy atom. The molecular formula is C14H15F3N2S. The third kappa shape index (κ3) is 3.02. The van der Waals surface area contributed by atoms with Gasteiger partial charge in [0.2, 0.25) is 0 Å². The lowest BCUT2D eigenvalue weighted by Gasteiger charge is -2.16. The van der Waals surface area contributed by atoms with Crippen molar-refractivity contribution in [3.05, 3.63) is 51.0 Å². The van der Waals surface area contributed by atoms with Crippen LogP contribution < -0.4 is 5.32 Å². The summed E-state index contributed by atoms with van der Waals surface area (Å²) in [5.74, 6) is 0. The number of nitrogens with zero attached hydrogens (tertiary/aromatic N) is 1. The van der Waals surface area contributed by atoms with Gasteiger partial charge < -0.3 is 5.32 Å². The van der Waals surface area contributed by atoms with Crippen molar-refractivity contribution in [1.29, 1.82) is 0 Å². The number of halogens is 3. The second-order valence-electron chi connectivity index (χ2n) is 4.54. The highest BCUT2D eigenvalue weighted by atomic mass is 32.1. The van der Waals surface area contributed by atoms with E-state index in [4.69, 9.17) is 0 Å². The average molecular weight is 300 g/mol. The first kappa shape index (κ1) is 15.0. The van der Waals surface area contributed by atoms with E-state index in [0.717, 1.165) is 21.6 Å². The summed E-state index contributed by atoms with van der Waals surface area (Å²) in [6, 6.07) is 5.04. The van der Waals surface area contributed by atoms with Gasteiger partial charge in [-0.1, -0.05) is 12.1 Å². The maximum atomic E-state index is 12.8. The molecule has 0 aliphatic heterocycles. The van der Waals surface area contributed by atoms with E-state index in [2.05, 4.69) is 10.3 Å². The Hall–Kier alpha value is -1.40. The summed E-state index contributed by atoms with van der Waals surface area (Å²) < 4.78 is 38.3. The number of nitrogens with one attached hydrogen (secondary N) is 1. The summed E-state index contributed by atoms with van der Waals surface area (Å²) in [6.45, 7) is 3.85. The summed E-state index contributed by atoms with van der Waals surface area (Å²) in [6.07, 6.45) is -4.33. The quantitative estimate of drug-likeness (QED) is 0.923. The Labute approximate surface area is 119 Å². The van der Waals surface area contributed by atoms with Crippen LogP contribution in [0, 0.1) is 13.8 Å². The maximum Gasteiger partial charge on any atom is 0.416 e. The van der Waals surface area contributed by atoms with E-state index in [1.807, 2.05) is 13.8 Å². The van der Waals surface area contributed by atoms with Crippen molar-refractivity contribution in [3.63, 3.8) is 0 Å². The lowest BCUT2D eigenvalue weighted by atomic mass is 10.0. The van der Waals surface area contributed by atoms with Gasteiger partial charge in [-0.05, 0) is 38.6 Å². The maximum absolute atomic E-state index is 12.8. The van der Waals surface area contributed by atoms with E-state index >= 15 is 0 Å². The molecular weight excluding hydrogens is 285 g/mol. The molecule has 0 radical (unpaired) electrons. The topological polar surface area (TPSA) is 24.9 Å². The Morgan fingerprint density at radius 1 is 1.25 bits per heavy atom. The lowest BCUT2D eigenvalue weighted by molar-refractivity contribution is -0.137. The molecule has 0 aliphatic rings. The number of hydrogen-bond donors (Lipinski definition) is 1. The molecule has 0 saturated carbocycles. The van der Waals surface area contributed by atoms with Crippen LogP contribution in [0.15, 0.2) is 24.3 Å². The van der Waals surface area contributed by atoms with Crippen LogP contribution in [0.3, 0.4) is 0 Å². The number of aromatic nitrogens is 1. The van der Waals surface area contributed by atoms with Crippen molar-refractivity contribution in [2.24, 2.45) is 0 Å². The zero-order valence-electron chi connectivity index (χ0n) is 11.4. The molecule has 0 fully saturated rings. The standard InChI is InChI=1S/C14H15F3N2S/c1-8-9(2)20-13(19-8)12(18-3)10-5-4-6-11(7-10)14(15,16)17/h4-7,12,18H,1-3H3. The van der Waals surface area contributed by atoms with Crippen LogP contribution in [-0.4, -0.2) is 12.0 Å². The second kappa shape index (κ2) is 5.54. The highest BCUT2D eigenvalue weighted by molar-refractivity contribution is 7.11. The van der Waals surface area contributed by atoms with Crippen LogP contribution in [0.5, 0.6) is 0 Å². The van der Waals surface area contributed by atoms with E-state index in [1.165, 1.54) is 23.5 Å². The summed E-state index contributed by atoms with van der Waals surface area (Å²) in [4.78, 5) is 5.50. The van der Waals surface area contributed by atoms with E-state index in [9.17, 15) is 13.2 Å². The van der Waals surface area contributed by atoms with Crippen LogP contribution in [0.2, 0.25) is 0 Å². The number of aryl methyl sites for hydroxylation is 2. The van der Waals surface area contributed by atoms with Gasteiger partial charge in [-0.25, -0.2) is 4.98 Å². The molecule has 0 saturated heterocycles. The van der Waals surface area contributed by atoms with Crippen LogP contribution in [0.1, 0.15) is 32.7 Å². The summed E-state index contributed by atoms with van der Waals surface area (Å²) >= 11 is 1.50. The molecule has 108 valence electrons. The van der Waals surface area contributed by atoms with Crippen molar-refractivity contribution < 1.29 is 13.2 Å². The van der Waals surface area contributed by atoms with Gasteiger partial charge in [0, 0.05) is 4.88 Å². The Bertz CT molecular complexity index is 585. The van der Waals surface area contributed by atoms with Gasteiger partial charge in [0.05, 0.1) is 17.3 Å². The van der Waals surface area contributed by atoms with Crippen molar-refractivity contribution in [2.45, 2.75) is 26.1 Å². The van der Waals surface area contributed by atoms with Gasteiger partial charge in [-0.15, -0.1) is 11.3 Å². The minimum atomic E-state index is -4.33. The summed E-state index contributed by atoms with van der Waals surface area (Å²) in [7, 11) is 1.72. The van der Waals surface area contributed by atoms with Crippen LogP contribution in [0.4, 0.5) is 13.2 Å². The molecule has 1 aromatic carbocycles. The number of benzene rings is 1. The predicted molar refractivity (Wildman–Crippen MR) is 73.9 cm³/mol. The molecule has 1 heterocycles. The third-order valence-corrected chi connectivity index (χ3v) is 4.27. The van der Waals surface area contributed by atoms with E-state index in [1.54, 1.807) is 13.1 Å². The fraction of sp³-hybridized carbons (Fsp3) is 0.357. The number of rotatable bonds is 3. The first-order chi connectivity index (χ1) is 9.32. The monoisotopic (exact) mass is 300 g/mol. The smallest absolute Gasteiger partial charge is 0.307 e. The molecule has 1 atom stereocenters. The van der Waals surface area contributed by atoms with Crippen molar-refractivity contribution in [1.82, 2.24) is 10.3 Å². The Balaban J connectivity index is 2.42. The molecule has 2 aromatic rings. The van der Waals surface area contributed by atoms with Gasteiger partial charge in [-0.2, -0.15) is 13.2 Å². The normalized spacial score (nSPS) is 13.5. The Kier molecular flexibility index (Phi) is 4.15. The molecule has 0 spiro atoms. The minimum Gasteiger partial charge on any atom is -0.307 e. The fourth-order valence-electron chi connectivity index (χ4n) is 1.95. The van der Waals surface area contributed by atoms with Gasteiger partial charge in [-0.3, -0.25) is 0 Å². The van der Waals surface area contributed by atoms with Gasteiger partial charge >= 0.3 is 6.18 Å². The predicted octanol–water partition coefficient (Wildman–Crippen LogP) is 4.09. The number of hydrogen-bond acceptors (Lipinski definition) is 3. The highest BCUT2D eigenvalue weighted by Gasteiger charge is 2.31. The van der Waals surface area contributed by atoms with Gasteiger partial charge in [0.1, 0.15) is 5.01 Å². The zero-order valence-corrected chi connectivity index (χ0v) is 12.2. The molecule has 1 unspecified atom stereocenters. The van der Waals surface area contributed by atoms with Crippen LogP contribution in [-0.2, 0) is 6.18 Å². The first-order valence-electron chi connectivity index (χ1n) is 6.11. The number of alkyl halides is 3. The van der Waals surface area contributed by atoms with Crippen molar-refractivity contribution in [3.8, 4) is 0 Å². The first-order valence-corrected chi connectivity index (χ1v) is 6.93. The van der Waals surface area contributed by atoms with E-state index in [0.29, 0.717) is 5.56 Å². The third-order valence-electron chi connectivity index (χ3n) is 3.13. The highest BCUT2D eigenvalue weighted by Crippen LogP contribution is 2.33. The zero-order chi connectivity index (χ0) is 14.9. The van der Waals surface area contributed by atoms with Gasteiger partial charge in [0.25, 0.3) is 0 Å². The van der Waals surface area contributed by atoms with Crippen LogP contribution >= 0.6 is 11.3 Å². The molecule has 2 rings (SSSR count). The van der Waals surface area contributed by atoms with E-state index in [-0.39, 0.29) is 6.04 Å². The Morgan fingerprint density at radius 3 is 2.45 bits per heavy atom. The van der Waals surface area contributed by atoms with E-state index < -0.39 is 11.7 Å². The molecule has 6 heteroatoms. The average Bonchev–Trinajstić information content (AvgIpc) is 2.69. The minimum absolute atomic E-state index is 0.324. The van der Waals surface area contributed by atoms with Crippen molar-refractivity contribution in [2.75, 3.05) is 7.05 Å². The lowest BCUT2D eigenvalue weighted by Crippen LogP contribution is -2.18. The molecule has 20 heavy (non-hydrogen) atoms. The number of thiazole rings is 1. The van der Waals surface area contributed by atoms with Crippen LogP contribution in [0.25, 0.3) is 0 Å². The summed E-state index contributed by atoms with van der Waals surface area (Å²) in [5, 5.41) is 3.81. The molecule has 1 N–H and O–H groups in total. The summed E-state index contributed by atoms with van der Waals surface area (Å²) in [5.41, 5.74) is 0.841. The molecule has 0 aliphatic carbocycles. The second-order valence-corrected chi connectivity index (χ2v) is 5.77. The van der Waals surface area contributed by atoms with Crippen molar-refractivity contribution >= 4 is 11.3 Å². The molecule has 0 bridgehead atoms. The molecule has 0 amide bonds.